The normalized spacial score (nSPS) is 15.8. The SMILES string of the molecule is O=C(OCC(=O)N1CCc2ccccc2C1)c1cc2c(s1)CCC2. The number of hydrogen-bond donors (Lipinski definition) is 0. The molecule has 0 atom stereocenters. The zero-order valence-electron chi connectivity index (χ0n) is 13.4. The van der Waals surface area contributed by atoms with Gasteiger partial charge in [-0.05, 0) is 48.4 Å². The number of carbonyl (C=O) groups excluding carboxylic acids is 2. The summed E-state index contributed by atoms with van der Waals surface area (Å²) in [6.07, 6.45) is 4.13. The molecule has 0 radical (unpaired) electrons. The van der Waals surface area contributed by atoms with Crippen LogP contribution in [0.25, 0.3) is 0 Å². The van der Waals surface area contributed by atoms with Crippen molar-refractivity contribution in [2.45, 2.75) is 32.2 Å². The molecule has 0 bridgehead atoms. The van der Waals surface area contributed by atoms with Crippen LogP contribution in [0.5, 0.6) is 0 Å². The van der Waals surface area contributed by atoms with Crippen LogP contribution in [-0.2, 0) is 35.3 Å². The number of rotatable bonds is 3. The van der Waals surface area contributed by atoms with E-state index in [0.717, 1.165) is 19.3 Å². The molecule has 1 aromatic heterocycles. The zero-order valence-corrected chi connectivity index (χ0v) is 14.2. The number of amides is 1. The summed E-state index contributed by atoms with van der Waals surface area (Å²) in [4.78, 5) is 28.2. The summed E-state index contributed by atoms with van der Waals surface area (Å²) in [7, 11) is 0. The van der Waals surface area contributed by atoms with E-state index in [1.807, 2.05) is 24.3 Å². The first kappa shape index (κ1) is 15.4. The van der Waals surface area contributed by atoms with Crippen LogP contribution < -0.4 is 0 Å². The predicted molar refractivity (Wildman–Crippen MR) is 92.2 cm³/mol. The average molecular weight is 341 g/mol. The Morgan fingerprint density at radius 3 is 2.75 bits per heavy atom. The number of carbonyl (C=O) groups is 2. The molecule has 4 nitrogen and oxygen atoms in total. The highest BCUT2D eigenvalue weighted by Crippen LogP contribution is 2.31. The van der Waals surface area contributed by atoms with Crippen molar-refractivity contribution in [2.75, 3.05) is 13.2 Å². The first-order valence-corrected chi connectivity index (χ1v) is 9.15. The molecule has 5 heteroatoms. The summed E-state index contributed by atoms with van der Waals surface area (Å²) in [5, 5.41) is 0. The van der Waals surface area contributed by atoms with Crippen LogP contribution >= 0.6 is 11.3 Å². The van der Waals surface area contributed by atoms with Crippen LogP contribution in [0.4, 0.5) is 0 Å². The monoisotopic (exact) mass is 341 g/mol. The van der Waals surface area contributed by atoms with Crippen molar-refractivity contribution < 1.29 is 14.3 Å². The van der Waals surface area contributed by atoms with Gasteiger partial charge in [0.1, 0.15) is 4.88 Å². The molecule has 4 rings (SSSR count). The lowest BCUT2D eigenvalue weighted by Gasteiger charge is -2.28. The summed E-state index contributed by atoms with van der Waals surface area (Å²) in [6, 6.07) is 10.1. The molecule has 24 heavy (non-hydrogen) atoms. The van der Waals surface area contributed by atoms with E-state index in [4.69, 9.17) is 4.74 Å². The Morgan fingerprint density at radius 2 is 1.92 bits per heavy atom. The quantitative estimate of drug-likeness (QED) is 0.807. The third kappa shape index (κ3) is 2.96. The van der Waals surface area contributed by atoms with E-state index < -0.39 is 0 Å². The molecule has 2 heterocycles. The number of esters is 1. The van der Waals surface area contributed by atoms with Crippen LogP contribution in [0.1, 0.15) is 37.7 Å². The highest BCUT2D eigenvalue weighted by molar-refractivity contribution is 7.14. The first-order chi connectivity index (χ1) is 11.7. The molecule has 1 aliphatic carbocycles. The van der Waals surface area contributed by atoms with Gasteiger partial charge in [0.15, 0.2) is 6.61 Å². The van der Waals surface area contributed by atoms with Crippen LogP contribution in [0.15, 0.2) is 30.3 Å². The fraction of sp³-hybridized carbons (Fsp3) is 0.368. The topological polar surface area (TPSA) is 46.6 Å². The molecule has 1 amide bonds. The minimum Gasteiger partial charge on any atom is -0.451 e. The van der Waals surface area contributed by atoms with Gasteiger partial charge in [-0.15, -0.1) is 11.3 Å². The number of hydrogen-bond acceptors (Lipinski definition) is 4. The van der Waals surface area contributed by atoms with Gasteiger partial charge in [-0.1, -0.05) is 24.3 Å². The van der Waals surface area contributed by atoms with Crippen molar-refractivity contribution >= 4 is 23.2 Å². The van der Waals surface area contributed by atoms with Crippen molar-refractivity contribution in [1.29, 1.82) is 0 Å². The van der Waals surface area contributed by atoms with Crippen LogP contribution in [0.2, 0.25) is 0 Å². The number of nitrogens with zero attached hydrogens (tertiary/aromatic N) is 1. The van der Waals surface area contributed by atoms with E-state index in [-0.39, 0.29) is 18.5 Å². The van der Waals surface area contributed by atoms with Gasteiger partial charge in [0.25, 0.3) is 5.91 Å². The molecule has 2 aliphatic rings. The first-order valence-electron chi connectivity index (χ1n) is 8.34. The number of fused-ring (bicyclic) bond motifs is 2. The third-order valence-electron chi connectivity index (χ3n) is 4.76. The molecule has 124 valence electrons. The van der Waals surface area contributed by atoms with E-state index >= 15 is 0 Å². The van der Waals surface area contributed by atoms with Gasteiger partial charge in [0, 0.05) is 18.0 Å². The Kier molecular flexibility index (Phi) is 4.10. The summed E-state index contributed by atoms with van der Waals surface area (Å²) in [6.45, 7) is 1.10. The second kappa shape index (κ2) is 6.40. The number of ether oxygens (including phenoxy) is 1. The van der Waals surface area contributed by atoms with Gasteiger partial charge in [0.2, 0.25) is 0 Å². The molecule has 0 saturated carbocycles. The lowest BCUT2D eigenvalue weighted by Crippen LogP contribution is -2.38. The average Bonchev–Trinajstić information content (AvgIpc) is 3.21. The van der Waals surface area contributed by atoms with Gasteiger partial charge in [0.05, 0.1) is 0 Å². The Labute approximate surface area is 145 Å². The summed E-state index contributed by atoms with van der Waals surface area (Å²) in [5.74, 6) is -0.498. The van der Waals surface area contributed by atoms with Gasteiger partial charge in [-0.25, -0.2) is 4.79 Å². The van der Waals surface area contributed by atoms with E-state index in [1.165, 1.54) is 39.3 Å². The maximum atomic E-state index is 12.3. The van der Waals surface area contributed by atoms with Crippen LogP contribution in [0.3, 0.4) is 0 Å². The van der Waals surface area contributed by atoms with E-state index in [9.17, 15) is 9.59 Å². The molecule has 0 unspecified atom stereocenters. The minimum atomic E-state index is -0.375. The largest absolute Gasteiger partial charge is 0.451 e. The molecule has 0 fully saturated rings. The van der Waals surface area contributed by atoms with E-state index in [1.54, 1.807) is 4.90 Å². The molecule has 0 N–H and O–H groups in total. The Morgan fingerprint density at radius 1 is 1.08 bits per heavy atom. The smallest absolute Gasteiger partial charge is 0.348 e. The van der Waals surface area contributed by atoms with Crippen molar-refractivity contribution in [1.82, 2.24) is 4.90 Å². The molecular formula is C19H19NO3S. The third-order valence-corrected chi connectivity index (χ3v) is 5.98. The molecule has 0 spiro atoms. The van der Waals surface area contributed by atoms with E-state index in [2.05, 4.69) is 6.07 Å². The summed E-state index contributed by atoms with van der Waals surface area (Å²) in [5.41, 5.74) is 3.75. The Hall–Kier alpha value is -2.14. The molecule has 1 aliphatic heterocycles. The molecule has 2 aromatic rings. The standard InChI is InChI=1S/C19H19NO3S/c21-18(20-9-8-13-4-1-2-5-15(13)11-20)12-23-19(22)17-10-14-6-3-7-16(14)24-17/h1-2,4-5,10H,3,6-9,11-12H2. The Bertz CT molecular complexity index is 774. The second-order valence-corrected chi connectivity index (χ2v) is 7.46. The summed E-state index contributed by atoms with van der Waals surface area (Å²) >= 11 is 1.51. The maximum Gasteiger partial charge on any atom is 0.348 e. The highest BCUT2D eigenvalue weighted by Gasteiger charge is 2.23. The molecule has 0 saturated heterocycles. The van der Waals surface area contributed by atoms with E-state index in [0.29, 0.717) is 18.0 Å². The number of thiophene rings is 1. The number of benzene rings is 1. The van der Waals surface area contributed by atoms with Crippen molar-refractivity contribution in [3.05, 3.63) is 56.8 Å². The molecular weight excluding hydrogens is 322 g/mol. The Balaban J connectivity index is 1.34. The minimum absolute atomic E-state index is 0.123. The van der Waals surface area contributed by atoms with Crippen LogP contribution in [-0.4, -0.2) is 29.9 Å². The van der Waals surface area contributed by atoms with Gasteiger partial charge < -0.3 is 9.64 Å². The van der Waals surface area contributed by atoms with Gasteiger partial charge in [-0.2, -0.15) is 0 Å². The van der Waals surface area contributed by atoms with Crippen molar-refractivity contribution in [2.24, 2.45) is 0 Å². The maximum absolute atomic E-state index is 12.3. The lowest BCUT2D eigenvalue weighted by atomic mass is 10.00. The van der Waals surface area contributed by atoms with Gasteiger partial charge in [-0.3, -0.25) is 4.79 Å². The summed E-state index contributed by atoms with van der Waals surface area (Å²) < 4.78 is 5.25. The highest BCUT2D eigenvalue weighted by atomic mass is 32.1. The van der Waals surface area contributed by atoms with Crippen molar-refractivity contribution in [3.63, 3.8) is 0 Å². The zero-order chi connectivity index (χ0) is 16.5. The van der Waals surface area contributed by atoms with Gasteiger partial charge >= 0.3 is 5.97 Å². The molecule has 1 aromatic carbocycles. The lowest BCUT2D eigenvalue weighted by molar-refractivity contribution is -0.135. The predicted octanol–water partition coefficient (Wildman–Crippen LogP) is 2.98. The van der Waals surface area contributed by atoms with Crippen molar-refractivity contribution in [3.8, 4) is 0 Å². The second-order valence-electron chi connectivity index (χ2n) is 6.32. The fourth-order valence-electron chi connectivity index (χ4n) is 3.43. The fourth-order valence-corrected chi connectivity index (χ4v) is 4.58. The van der Waals surface area contributed by atoms with Crippen LogP contribution in [0, 0.1) is 0 Å². The number of aryl methyl sites for hydroxylation is 2.